The minimum Gasteiger partial charge on any atom is -0.335 e. The summed E-state index contributed by atoms with van der Waals surface area (Å²) in [6.45, 7) is 3.59. The van der Waals surface area contributed by atoms with E-state index >= 15 is 0 Å². The van der Waals surface area contributed by atoms with E-state index in [1.165, 1.54) is 22.8 Å². The van der Waals surface area contributed by atoms with Crippen molar-refractivity contribution in [2.24, 2.45) is 13.0 Å². The monoisotopic (exact) mass is 579 g/mol. The van der Waals surface area contributed by atoms with Crippen LogP contribution in [-0.2, 0) is 18.4 Å². The number of nitrogens with one attached hydrogen (secondary N) is 1. The highest BCUT2D eigenvalue weighted by atomic mass is 79.9. The molecule has 1 saturated heterocycles. The van der Waals surface area contributed by atoms with Crippen LogP contribution in [0.1, 0.15) is 57.8 Å². The normalized spacial score (nSPS) is 19.3. The predicted molar refractivity (Wildman–Crippen MR) is 148 cm³/mol. The Balaban J connectivity index is 1.43. The van der Waals surface area contributed by atoms with Crippen LogP contribution in [0.3, 0.4) is 0 Å². The lowest BCUT2D eigenvalue weighted by molar-refractivity contribution is -0.138. The summed E-state index contributed by atoms with van der Waals surface area (Å²) in [4.78, 5) is 41.6. The summed E-state index contributed by atoms with van der Waals surface area (Å²) >= 11 is 3.59. The molecule has 1 aromatic heterocycles. The quantitative estimate of drug-likeness (QED) is 0.411. The number of halogens is 2. The van der Waals surface area contributed by atoms with Crippen molar-refractivity contribution in [2.75, 3.05) is 13.1 Å². The molecule has 2 fully saturated rings. The average Bonchev–Trinajstić information content (AvgIpc) is 3.75. The number of aromatic nitrogens is 1. The van der Waals surface area contributed by atoms with Gasteiger partial charge < -0.3 is 14.8 Å². The van der Waals surface area contributed by atoms with Crippen molar-refractivity contribution in [3.05, 3.63) is 103 Å². The van der Waals surface area contributed by atoms with Gasteiger partial charge in [-0.3, -0.25) is 14.4 Å². The second-order valence-electron chi connectivity index (χ2n) is 10.4. The Kier molecular flexibility index (Phi) is 7.63. The highest BCUT2D eigenvalue weighted by Gasteiger charge is 2.40. The SMILES string of the molecule is Cc1c(Br)cc(CN(C(=O)[C@H]2CNCCC2c2ccn(C)c(=O)c2)C2CC2)cc1C(=O)c1cccc(F)c1. The van der Waals surface area contributed by atoms with Crippen LogP contribution >= 0.6 is 15.9 Å². The number of pyridine rings is 1. The van der Waals surface area contributed by atoms with Crippen molar-refractivity contribution in [3.8, 4) is 0 Å². The van der Waals surface area contributed by atoms with Gasteiger partial charge in [-0.1, -0.05) is 28.1 Å². The maximum absolute atomic E-state index is 14.0. The fraction of sp³-hybridized carbons (Fsp3) is 0.367. The van der Waals surface area contributed by atoms with Gasteiger partial charge in [0, 0.05) is 54.0 Å². The van der Waals surface area contributed by atoms with Gasteiger partial charge in [0.2, 0.25) is 5.91 Å². The summed E-state index contributed by atoms with van der Waals surface area (Å²) < 4.78 is 16.1. The topological polar surface area (TPSA) is 71.4 Å². The van der Waals surface area contributed by atoms with Gasteiger partial charge in [0.25, 0.3) is 5.56 Å². The Morgan fingerprint density at radius 1 is 1.13 bits per heavy atom. The highest BCUT2D eigenvalue weighted by molar-refractivity contribution is 9.10. The van der Waals surface area contributed by atoms with Crippen LogP contribution in [0.5, 0.6) is 0 Å². The molecular weight excluding hydrogens is 549 g/mol. The van der Waals surface area contributed by atoms with Gasteiger partial charge >= 0.3 is 0 Å². The molecule has 1 saturated carbocycles. The van der Waals surface area contributed by atoms with Gasteiger partial charge in [0.1, 0.15) is 5.82 Å². The van der Waals surface area contributed by atoms with Crippen LogP contribution in [0.2, 0.25) is 0 Å². The van der Waals surface area contributed by atoms with Gasteiger partial charge in [-0.2, -0.15) is 0 Å². The van der Waals surface area contributed by atoms with E-state index in [2.05, 4.69) is 21.2 Å². The van der Waals surface area contributed by atoms with Crippen LogP contribution in [-0.4, -0.2) is 40.3 Å². The summed E-state index contributed by atoms with van der Waals surface area (Å²) in [6, 6.07) is 13.2. The summed E-state index contributed by atoms with van der Waals surface area (Å²) in [5, 5.41) is 3.37. The molecule has 6 nitrogen and oxygen atoms in total. The summed E-state index contributed by atoms with van der Waals surface area (Å²) in [5.74, 6) is -0.954. The number of hydrogen-bond donors (Lipinski definition) is 1. The number of piperidine rings is 1. The minimum atomic E-state index is -0.457. The van der Waals surface area contributed by atoms with Gasteiger partial charge in [-0.15, -0.1) is 0 Å². The van der Waals surface area contributed by atoms with E-state index in [0.29, 0.717) is 18.7 Å². The fourth-order valence-electron chi connectivity index (χ4n) is 5.34. The van der Waals surface area contributed by atoms with Crippen molar-refractivity contribution in [1.29, 1.82) is 0 Å². The molecule has 1 aliphatic carbocycles. The third-order valence-electron chi connectivity index (χ3n) is 7.71. The number of rotatable bonds is 7. The first-order valence-corrected chi connectivity index (χ1v) is 13.8. The number of aryl methyl sites for hydroxylation is 1. The Hall–Kier alpha value is -3.10. The number of carbonyl (C=O) groups is 2. The predicted octanol–water partition coefficient (Wildman–Crippen LogP) is 4.71. The van der Waals surface area contributed by atoms with E-state index in [0.717, 1.165) is 47.0 Å². The second kappa shape index (κ2) is 10.9. The molecule has 0 spiro atoms. The Morgan fingerprint density at radius 2 is 1.92 bits per heavy atom. The average molecular weight is 580 g/mol. The Morgan fingerprint density at radius 3 is 2.63 bits per heavy atom. The fourth-order valence-corrected chi connectivity index (χ4v) is 5.85. The molecule has 2 atom stereocenters. The standard InChI is InChI=1S/C30H31BrFN3O3/c1-18-25(29(37)21-4-3-5-22(32)14-21)12-19(13-27(18)31)17-35(23-6-7-23)30(38)26-16-33-10-8-24(26)20-9-11-34(2)28(36)15-20/h3-5,9,11-15,23-24,26,33H,6-8,10,16-17H2,1-2H3/t24?,26-/m0/s1. The largest absolute Gasteiger partial charge is 0.335 e. The van der Waals surface area contributed by atoms with Crippen molar-refractivity contribution in [2.45, 2.75) is 44.7 Å². The molecule has 0 radical (unpaired) electrons. The van der Waals surface area contributed by atoms with E-state index < -0.39 is 5.82 Å². The van der Waals surface area contributed by atoms with Crippen LogP contribution in [0.25, 0.3) is 0 Å². The van der Waals surface area contributed by atoms with E-state index in [9.17, 15) is 18.8 Å². The first-order chi connectivity index (χ1) is 18.2. The molecule has 1 unspecified atom stereocenters. The zero-order chi connectivity index (χ0) is 27.0. The number of benzene rings is 2. The zero-order valence-electron chi connectivity index (χ0n) is 21.5. The molecule has 3 aromatic rings. The molecule has 1 amide bonds. The van der Waals surface area contributed by atoms with Gasteiger partial charge in [-0.05, 0) is 85.7 Å². The van der Waals surface area contributed by atoms with Gasteiger partial charge in [0.15, 0.2) is 5.78 Å². The van der Waals surface area contributed by atoms with Crippen molar-refractivity contribution < 1.29 is 14.0 Å². The smallest absolute Gasteiger partial charge is 0.250 e. The highest BCUT2D eigenvalue weighted by Crippen LogP contribution is 2.36. The Bertz CT molecular complexity index is 1450. The molecule has 38 heavy (non-hydrogen) atoms. The van der Waals surface area contributed by atoms with Gasteiger partial charge in [0.05, 0.1) is 5.92 Å². The molecule has 2 aliphatic rings. The van der Waals surface area contributed by atoms with Crippen LogP contribution < -0.4 is 10.9 Å². The Labute approximate surface area is 230 Å². The van der Waals surface area contributed by atoms with E-state index in [4.69, 9.17) is 0 Å². The lowest BCUT2D eigenvalue weighted by Crippen LogP contribution is -2.47. The van der Waals surface area contributed by atoms with Crippen LogP contribution in [0.15, 0.2) is 64.0 Å². The number of ketones is 1. The molecule has 1 aliphatic heterocycles. The number of hydrogen-bond acceptors (Lipinski definition) is 4. The lowest BCUT2D eigenvalue weighted by Gasteiger charge is -2.36. The van der Waals surface area contributed by atoms with Crippen molar-refractivity contribution in [3.63, 3.8) is 0 Å². The van der Waals surface area contributed by atoms with E-state index in [1.54, 1.807) is 25.4 Å². The maximum atomic E-state index is 14.0. The summed E-state index contributed by atoms with van der Waals surface area (Å²) in [6.07, 6.45) is 4.44. The molecule has 0 bridgehead atoms. The number of nitrogens with zero attached hydrogens (tertiary/aromatic N) is 2. The number of carbonyl (C=O) groups excluding carboxylic acids is 2. The first kappa shape index (κ1) is 26.5. The molecule has 1 N–H and O–H groups in total. The molecule has 8 heteroatoms. The van der Waals surface area contributed by atoms with E-state index in [1.807, 2.05) is 30.0 Å². The van der Waals surface area contributed by atoms with Gasteiger partial charge in [-0.25, -0.2) is 4.39 Å². The molecule has 5 rings (SSSR count). The van der Waals surface area contributed by atoms with Crippen LogP contribution in [0.4, 0.5) is 4.39 Å². The number of amides is 1. The minimum absolute atomic E-state index is 0.0335. The van der Waals surface area contributed by atoms with E-state index in [-0.39, 0.29) is 40.7 Å². The third-order valence-corrected chi connectivity index (χ3v) is 8.54. The zero-order valence-corrected chi connectivity index (χ0v) is 23.1. The molecule has 2 aromatic carbocycles. The lowest BCUT2D eigenvalue weighted by atomic mass is 9.80. The molecule has 198 valence electrons. The molecular formula is C30H31BrFN3O3. The third kappa shape index (κ3) is 5.52. The van der Waals surface area contributed by atoms with Crippen molar-refractivity contribution in [1.82, 2.24) is 14.8 Å². The molecule has 2 heterocycles. The summed E-state index contributed by atoms with van der Waals surface area (Å²) in [5.41, 5.74) is 3.22. The van der Waals surface area contributed by atoms with Crippen LogP contribution in [0, 0.1) is 18.7 Å². The maximum Gasteiger partial charge on any atom is 0.250 e. The van der Waals surface area contributed by atoms with Crippen molar-refractivity contribution >= 4 is 27.6 Å². The first-order valence-electron chi connectivity index (χ1n) is 13.0. The second-order valence-corrected chi connectivity index (χ2v) is 11.3. The summed E-state index contributed by atoms with van der Waals surface area (Å²) in [7, 11) is 1.72.